The summed E-state index contributed by atoms with van der Waals surface area (Å²) in [6.07, 6.45) is 7.22. The maximum atomic E-state index is 5.99. The Hall–Kier alpha value is -2.03. The highest BCUT2D eigenvalue weighted by Crippen LogP contribution is 2.15. The Kier molecular flexibility index (Phi) is 5.86. The van der Waals surface area contributed by atoms with Crippen molar-refractivity contribution in [2.75, 3.05) is 5.73 Å². The van der Waals surface area contributed by atoms with Gasteiger partial charge in [0.25, 0.3) is 0 Å². The molecule has 0 amide bonds. The van der Waals surface area contributed by atoms with Crippen molar-refractivity contribution in [2.24, 2.45) is 10.7 Å². The second-order valence-electron chi connectivity index (χ2n) is 4.22. The van der Waals surface area contributed by atoms with Crippen LogP contribution in [-0.4, -0.2) is 11.9 Å². The lowest BCUT2D eigenvalue weighted by molar-refractivity contribution is 0.817. The average molecular weight is 257 g/mol. The molecular weight excluding hydrogens is 234 g/mol. The molecule has 1 aromatic rings. The second-order valence-corrected chi connectivity index (χ2v) is 4.22. The van der Waals surface area contributed by atoms with Gasteiger partial charge in [0.05, 0.1) is 6.04 Å². The number of benzene rings is 1. The summed E-state index contributed by atoms with van der Waals surface area (Å²) in [6, 6.07) is 7.65. The van der Waals surface area contributed by atoms with Gasteiger partial charge in [-0.15, -0.1) is 0 Å². The third kappa shape index (κ3) is 4.28. The van der Waals surface area contributed by atoms with Crippen molar-refractivity contribution in [1.29, 1.82) is 0 Å². The van der Waals surface area contributed by atoms with Crippen molar-refractivity contribution >= 4 is 11.5 Å². The summed E-state index contributed by atoms with van der Waals surface area (Å²) in [6.45, 7) is 6.06. The van der Waals surface area contributed by atoms with E-state index in [1.807, 2.05) is 38.1 Å². The zero-order chi connectivity index (χ0) is 14.3. The molecule has 0 fully saturated rings. The maximum absolute atomic E-state index is 5.99. The number of aliphatic imine (C=N–C) groups is 1. The van der Waals surface area contributed by atoms with Gasteiger partial charge in [0.2, 0.25) is 0 Å². The highest BCUT2D eigenvalue weighted by atomic mass is 14.9. The van der Waals surface area contributed by atoms with Crippen LogP contribution >= 0.6 is 0 Å². The van der Waals surface area contributed by atoms with Crippen LogP contribution in [0.3, 0.4) is 0 Å². The van der Waals surface area contributed by atoms with Gasteiger partial charge in [-0.1, -0.05) is 49.8 Å². The predicted molar refractivity (Wildman–Crippen MR) is 84.2 cm³/mol. The van der Waals surface area contributed by atoms with Crippen LogP contribution in [0.4, 0.5) is 5.69 Å². The SMILES string of the molecule is CC.CC1=CC(N=C(N)c2ccccc2N)CC=C1. The van der Waals surface area contributed by atoms with E-state index in [-0.39, 0.29) is 6.04 Å². The normalized spacial score (nSPS) is 18.4. The van der Waals surface area contributed by atoms with Crippen LogP contribution < -0.4 is 11.5 Å². The van der Waals surface area contributed by atoms with Crippen LogP contribution in [-0.2, 0) is 0 Å². The largest absolute Gasteiger partial charge is 0.398 e. The van der Waals surface area contributed by atoms with Crippen molar-refractivity contribution in [2.45, 2.75) is 33.2 Å². The molecule has 0 radical (unpaired) electrons. The molecule has 0 heterocycles. The first-order chi connectivity index (χ1) is 9.16. The van der Waals surface area contributed by atoms with E-state index in [1.54, 1.807) is 0 Å². The molecule has 4 N–H and O–H groups in total. The summed E-state index contributed by atoms with van der Waals surface area (Å²) in [5, 5.41) is 0. The molecule has 1 aliphatic rings. The van der Waals surface area contributed by atoms with Crippen molar-refractivity contribution in [1.82, 2.24) is 0 Å². The van der Waals surface area contributed by atoms with Gasteiger partial charge in [-0.3, -0.25) is 4.99 Å². The van der Waals surface area contributed by atoms with Gasteiger partial charge in [-0.2, -0.15) is 0 Å². The van der Waals surface area contributed by atoms with Gasteiger partial charge in [0.15, 0.2) is 0 Å². The van der Waals surface area contributed by atoms with Gasteiger partial charge in [0.1, 0.15) is 5.84 Å². The van der Waals surface area contributed by atoms with Gasteiger partial charge < -0.3 is 11.5 Å². The first-order valence-electron chi connectivity index (χ1n) is 6.70. The van der Waals surface area contributed by atoms with Crippen molar-refractivity contribution < 1.29 is 0 Å². The van der Waals surface area contributed by atoms with Crippen LogP contribution in [0.5, 0.6) is 0 Å². The van der Waals surface area contributed by atoms with E-state index in [4.69, 9.17) is 11.5 Å². The Morgan fingerprint density at radius 3 is 2.58 bits per heavy atom. The van der Waals surface area contributed by atoms with Gasteiger partial charge >= 0.3 is 0 Å². The topological polar surface area (TPSA) is 64.4 Å². The average Bonchev–Trinajstić information content (AvgIpc) is 2.41. The number of allylic oxidation sites excluding steroid dienone is 2. The number of rotatable bonds is 2. The third-order valence-corrected chi connectivity index (χ3v) is 2.76. The van der Waals surface area contributed by atoms with Crippen LogP contribution in [0, 0.1) is 0 Å². The molecule has 3 heteroatoms. The molecule has 1 aliphatic carbocycles. The minimum Gasteiger partial charge on any atom is -0.398 e. The molecule has 0 saturated carbocycles. The standard InChI is InChI=1S/C14H17N3.C2H6/c1-10-5-4-6-11(9-10)17-14(16)12-7-2-3-8-13(12)15;1-2/h2-5,7-9,11H,6,15H2,1H3,(H2,16,17);1-2H3. The molecule has 0 aromatic heterocycles. The summed E-state index contributed by atoms with van der Waals surface area (Å²) in [4.78, 5) is 4.50. The molecular formula is C16H23N3. The van der Waals surface area contributed by atoms with Crippen molar-refractivity contribution in [3.05, 3.63) is 53.6 Å². The fourth-order valence-electron chi connectivity index (χ4n) is 1.89. The van der Waals surface area contributed by atoms with E-state index in [9.17, 15) is 0 Å². The number of nitrogens with zero attached hydrogens (tertiary/aromatic N) is 1. The zero-order valence-electron chi connectivity index (χ0n) is 11.9. The Morgan fingerprint density at radius 1 is 1.26 bits per heavy atom. The number of para-hydroxylation sites is 1. The smallest absolute Gasteiger partial charge is 0.128 e. The van der Waals surface area contributed by atoms with E-state index in [1.165, 1.54) is 5.57 Å². The Bertz CT molecular complexity index is 498. The van der Waals surface area contributed by atoms with E-state index < -0.39 is 0 Å². The monoisotopic (exact) mass is 257 g/mol. The second kappa shape index (κ2) is 7.41. The first-order valence-corrected chi connectivity index (χ1v) is 6.70. The molecule has 2 rings (SSSR count). The lowest BCUT2D eigenvalue weighted by Crippen LogP contribution is -2.19. The number of nitrogen functional groups attached to an aromatic ring is 1. The summed E-state index contributed by atoms with van der Waals surface area (Å²) < 4.78 is 0. The van der Waals surface area contributed by atoms with Crippen LogP contribution in [0.15, 0.2) is 53.1 Å². The molecule has 0 saturated heterocycles. The lowest BCUT2D eigenvalue weighted by atomic mass is 10.0. The number of hydrogen-bond acceptors (Lipinski definition) is 2. The predicted octanol–water partition coefficient (Wildman–Crippen LogP) is 3.28. The third-order valence-electron chi connectivity index (χ3n) is 2.76. The highest BCUT2D eigenvalue weighted by molar-refractivity contribution is 6.02. The minimum absolute atomic E-state index is 0.125. The quantitative estimate of drug-likeness (QED) is 0.485. The lowest BCUT2D eigenvalue weighted by Gasteiger charge is -2.12. The molecule has 0 aliphatic heterocycles. The molecule has 19 heavy (non-hydrogen) atoms. The molecule has 102 valence electrons. The number of amidine groups is 1. The molecule has 1 unspecified atom stereocenters. The summed E-state index contributed by atoms with van der Waals surface area (Å²) in [5.41, 5.74) is 14.6. The highest BCUT2D eigenvalue weighted by Gasteiger charge is 2.08. The van der Waals surface area contributed by atoms with E-state index in [2.05, 4.69) is 30.1 Å². The fourth-order valence-corrected chi connectivity index (χ4v) is 1.89. The van der Waals surface area contributed by atoms with E-state index >= 15 is 0 Å². The Morgan fingerprint density at radius 2 is 1.95 bits per heavy atom. The van der Waals surface area contributed by atoms with Crippen molar-refractivity contribution in [3.8, 4) is 0 Å². The molecule has 0 spiro atoms. The maximum Gasteiger partial charge on any atom is 0.128 e. The molecule has 1 aromatic carbocycles. The number of nitrogens with two attached hydrogens (primary N) is 2. The number of hydrogen-bond donors (Lipinski definition) is 2. The van der Waals surface area contributed by atoms with Crippen LogP contribution in [0.25, 0.3) is 0 Å². The Balaban J connectivity index is 0.000000861. The van der Waals surface area contributed by atoms with E-state index in [0.29, 0.717) is 11.5 Å². The zero-order valence-corrected chi connectivity index (χ0v) is 11.9. The first kappa shape index (κ1) is 15.0. The fraction of sp³-hybridized carbons (Fsp3) is 0.312. The summed E-state index contributed by atoms with van der Waals surface area (Å²) in [7, 11) is 0. The van der Waals surface area contributed by atoms with Crippen molar-refractivity contribution in [3.63, 3.8) is 0 Å². The van der Waals surface area contributed by atoms with E-state index in [0.717, 1.165) is 12.0 Å². The minimum atomic E-state index is 0.125. The molecule has 3 nitrogen and oxygen atoms in total. The van der Waals surface area contributed by atoms with Crippen LogP contribution in [0.1, 0.15) is 32.8 Å². The molecule has 1 atom stereocenters. The number of anilines is 1. The Labute approximate surface area is 115 Å². The summed E-state index contributed by atoms with van der Waals surface area (Å²) >= 11 is 0. The van der Waals surface area contributed by atoms with Gasteiger partial charge in [-0.25, -0.2) is 0 Å². The van der Waals surface area contributed by atoms with Crippen LogP contribution in [0.2, 0.25) is 0 Å². The van der Waals surface area contributed by atoms with Gasteiger partial charge in [-0.05, 0) is 25.5 Å². The molecule has 0 bridgehead atoms. The van der Waals surface area contributed by atoms with Gasteiger partial charge in [0, 0.05) is 11.3 Å². The summed E-state index contributed by atoms with van der Waals surface area (Å²) in [5.74, 6) is 0.507.